The fraction of sp³-hybridized carbons (Fsp3) is 0.600. The fourth-order valence-electron chi connectivity index (χ4n) is 2.56. The summed E-state index contributed by atoms with van der Waals surface area (Å²) in [6.45, 7) is 7.47. The zero-order chi connectivity index (χ0) is 12.1. The van der Waals surface area contributed by atoms with Crippen molar-refractivity contribution < 1.29 is 4.74 Å². The molecule has 0 radical (unpaired) electrons. The van der Waals surface area contributed by atoms with Crippen molar-refractivity contribution in [2.24, 2.45) is 11.8 Å². The standard InChI is InChI=1S/C15H23NO/c1-3-17-15-6-4-5-13(10-15)9-14-11-16-8-7-12(14)2/h4-6,10,12,14,16H,3,7-9,11H2,1-2H3. The lowest BCUT2D eigenvalue weighted by atomic mass is 9.83. The van der Waals surface area contributed by atoms with Crippen molar-refractivity contribution in [3.8, 4) is 5.75 Å². The second-order valence-corrected chi connectivity index (χ2v) is 5.01. The monoisotopic (exact) mass is 233 g/mol. The molecular formula is C15H23NO. The number of nitrogens with one attached hydrogen (secondary N) is 1. The van der Waals surface area contributed by atoms with Gasteiger partial charge in [0.2, 0.25) is 0 Å². The van der Waals surface area contributed by atoms with E-state index in [2.05, 4.69) is 30.4 Å². The fourth-order valence-corrected chi connectivity index (χ4v) is 2.56. The summed E-state index contributed by atoms with van der Waals surface area (Å²) in [6, 6.07) is 8.53. The molecule has 1 saturated heterocycles. The summed E-state index contributed by atoms with van der Waals surface area (Å²) >= 11 is 0. The van der Waals surface area contributed by atoms with E-state index < -0.39 is 0 Å². The van der Waals surface area contributed by atoms with Crippen LogP contribution in [0.2, 0.25) is 0 Å². The number of hydrogen-bond acceptors (Lipinski definition) is 2. The third-order valence-corrected chi connectivity index (χ3v) is 3.70. The van der Waals surface area contributed by atoms with Crippen molar-refractivity contribution in [2.45, 2.75) is 26.7 Å². The Hall–Kier alpha value is -1.02. The van der Waals surface area contributed by atoms with Crippen LogP contribution in [0.3, 0.4) is 0 Å². The summed E-state index contributed by atoms with van der Waals surface area (Å²) in [6.07, 6.45) is 2.46. The number of piperidine rings is 1. The molecule has 1 heterocycles. The second-order valence-electron chi connectivity index (χ2n) is 5.01. The number of hydrogen-bond donors (Lipinski definition) is 1. The molecule has 1 aromatic carbocycles. The molecular weight excluding hydrogens is 210 g/mol. The van der Waals surface area contributed by atoms with Gasteiger partial charge in [-0.2, -0.15) is 0 Å². The maximum absolute atomic E-state index is 5.55. The van der Waals surface area contributed by atoms with Crippen molar-refractivity contribution in [1.29, 1.82) is 0 Å². The van der Waals surface area contributed by atoms with Crippen LogP contribution in [0.4, 0.5) is 0 Å². The molecule has 0 aromatic heterocycles. The lowest BCUT2D eigenvalue weighted by Gasteiger charge is -2.29. The first-order chi connectivity index (χ1) is 8.29. The minimum atomic E-state index is 0.741. The highest BCUT2D eigenvalue weighted by molar-refractivity contribution is 5.28. The summed E-state index contributed by atoms with van der Waals surface area (Å²) in [7, 11) is 0. The Morgan fingerprint density at radius 2 is 2.29 bits per heavy atom. The molecule has 0 saturated carbocycles. The molecule has 0 spiro atoms. The van der Waals surface area contributed by atoms with Gasteiger partial charge in [0.1, 0.15) is 5.75 Å². The molecule has 2 unspecified atom stereocenters. The smallest absolute Gasteiger partial charge is 0.119 e. The highest BCUT2D eigenvalue weighted by Gasteiger charge is 2.21. The zero-order valence-electron chi connectivity index (χ0n) is 10.9. The third kappa shape index (κ3) is 3.47. The third-order valence-electron chi connectivity index (χ3n) is 3.70. The molecule has 2 heteroatoms. The Bertz CT molecular complexity index is 351. The van der Waals surface area contributed by atoms with Gasteiger partial charge in [0.15, 0.2) is 0 Å². The van der Waals surface area contributed by atoms with Crippen molar-refractivity contribution in [2.75, 3.05) is 19.7 Å². The van der Waals surface area contributed by atoms with E-state index in [1.807, 2.05) is 13.0 Å². The van der Waals surface area contributed by atoms with Crippen molar-refractivity contribution in [3.05, 3.63) is 29.8 Å². The van der Waals surface area contributed by atoms with Gasteiger partial charge in [-0.3, -0.25) is 0 Å². The van der Waals surface area contributed by atoms with Gasteiger partial charge >= 0.3 is 0 Å². The summed E-state index contributed by atoms with van der Waals surface area (Å²) < 4.78 is 5.55. The van der Waals surface area contributed by atoms with Gasteiger partial charge in [0.25, 0.3) is 0 Å². The van der Waals surface area contributed by atoms with E-state index >= 15 is 0 Å². The normalized spacial score (nSPS) is 24.6. The van der Waals surface area contributed by atoms with Crippen LogP contribution in [0.25, 0.3) is 0 Å². The van der Waals surface area contributed by atoms with Gasteiger partial charge in [-0.25, -0.2) is 0 Å². The molecule has 1 fully saturated rings. The van der Waals surface area contributed by atoms with Crippen LogP contribution < -0.4 is 10.1 Å². The van der Waals surface area contributed by atoms with Gasteiger partial charge < -0.3 is 10.1 Å². The number of benzene rings is 1. The molecule has 2 atom stereocenters. The van der Waals surface area contributed by atoms with Gasteiger partial charge in [0.05, 0.1) is 6.61 Å². The van der Waals surface area contributed by atoms with Crippen LogP contribution in [0.15, 0.2) is 24.3 Å². The first kappa shape index (κ1) is 12.4. The summed E-state index contributed by atoms with van der Waals surface area (Å²) in [5.74, 6) is 2.59. The molecule has 0 amide bonds. The van der Waals surface area contributed by atoms with Gasteiger partial charge in [-0.1, -0.05) is 19.1 Å². The molecule has 1 aromatic rings. The molecule has 1 N–H and O–H groups in total. The average Bonchev–Trinajstić information content (AvgIpc) is 2.33. The van der Waals surface area contributed by atoms with Crippen LogP contribution in [-0.2, 0) is 6.42 Å². The van der Waals surface area contributed by atoms with E-state index in [1.165, 1.54) is 18.5 Å². The van der Waals surface area contributed by atoms with E-state index in [0.717, 1.165) is 37.2 Å². The number of ether oxygens (including phenoxy) is 1. The van der Waals surface area contributed by atoms with Crippen LogP contribution >= 0.6 is 0 Å². The van der Waals surface area contributed by atoms with Crippen LogP contribution in [0.1, 0.15) is 25.8 Å². The molecule has 0 aliphatic carbocycles. The van der Waals surface area contributed by atoms with E-state index in [9.17, 15) is 0 Å². The minimum Gasteiger partial charge on any atom is -0.494 e. The predicted molar refractivity (Wildman–Crippen MR) is 71.5 cm³/mol. The van der Waals surface area contributed by atoms with Crippen molar-refractivity contribution in [1.82, 2.24) is 5.32 Å². The van der Waals surface area contributed by atoms with Crippen molar-refractivity contribution in [3.63, 3.8) is 0 Å². The van der Waals surface area contributed by atoms with Gasteiger partial charge in [-0.15, -0.1) is 0 Å². The van der Waals surface area contributed by atoms with Gasteiger partial charge in [0, 0.05) is 0 Å². The van der Waals surface area contributed by atoms with Crippen LogP contribution in [-0.4, -0.2) is 19.7 Å². The molecule has 94 valence electrons. The SMILES string of the molecule is CCOc1cccc(CC2CNCCC2C)c1. The maximum Gasteiger partial charge on any atom is 0.119 e. The zero-order valence-corrected chi connectivity index (χ0v) is 10.9. The number of rotatable bonds is 4. The van der Waals surface area contributed by atoms with Crippen molar-refractivity contribution >= 4 is 0 Å². The van der Waals surface area contributed by atoms with Crippen LogP contribution in [0, 0.1) is 11.8 Å². The predicted octanol–water partition coefficient (Wildman–Crippen LogP) is 2.87. The Labute approximate surface area is 104 Å². The van der Waals surface area contributed by atoms with E-state index in [-0.39, 0.29) is 0 Å². The molecule has 0 bridgehead atoms. The van der Waals surface area contributed by atoms with E-state index in [1.54, 1.807) is 0 Å². The summed E-state index contributed by atoms with van der Waals surface area (Å²) in [5, 5.41) is 3.49. The Balaban J connectivity index is 1.99. The molecule has 2 rings (SSSR count). The minimum absolute atomic E-state index is 0.741. The quantitative estimate of drug-likeness (QED) is 0.863. The topological polar surface area (TPSA) is 21.3 Å². The van der Waals surface area contributed by atoms with Crippen LogP contribution in [0.5, 0.6) is 5.75 Å². The average molecular weight is 233 g/mol. The summed E-state index contributed by atoms with van der Waals surface area (Å²) in [4.78, 5) is 0. The first-order valence-electron chi connectivity index (χ1n) is 6.72. The largest absolute Gasteiger partial charge is 0.494 e. The Morgan fingerprint density at radius 3 is 3.06 bits per heavy atom. The first-order valence-corrected chi connectivity index (χ1v) is 6.72. The highest BCUT2D eigenvalue weighted by atomic mass is 16.5. The molecule has 1 aliphatic heterocycles. The van der Waals surface area contributed by atoms with E-state index in [4.69, 9.17) is 4.74 Å². The Kier molecular flexibility index (Phi) is 4.43. The lowest BCUT2D eigenvalue weighted by molar-refractivity contribution is 0.272. The van der Waals surface area contributed by atoms with E-state index in [0.29, 0.717) is 0 Å². The lowest BCUT2D eigenvalue weighted by Crippen LogP contribution is -2.36. The molecule has 1 aliphatic rings. The second kappa shape index (κ2) is 6.06. The summed E-state index contributed by atoms with van der Waals surface area (Å²) in [5.41, 5.74) is 1.40. The van der Waals surface area contributed by atoms with Gasteiger partial charge in [-0.05, 0) is 62.4 Å². The maximum atomic E-state index is 5.55. The molecule has 17 heavy (non-hydrogen) atoms. The molecule has 2 nitrogen and oxygen atoms in total. The highest BCUT2D eigenvalue weighted by Crippen LogP contribution is 2.24. The Morgan fingerprint density at radius 1 is 1.41 bits per heavy atom.